The number of Topliss-reactive ketones (excluding diaryl/α,β-unsaturated/α-hetero) is 1. The molecule has 0 unspecified atom stereocenters. The summed E-state index contributed by atoms with van der Waals surface area (Å²) < 4.78 is 20.4. The molecule has 1 aromatic carbocycles. The van der Waals surface area contributed by atoms with Crippen molar-refractivity contribution in [2.24, 2.45) is 0 Å². The number of methoxy groups -OCH3 is 1. The largest absolute Gasteiger partial charge is 0.493 e. The lowest BCUT2D eigenvalue weighted by Gasteiger charge is -2.08. The molecule has 2 rings (SSSR count). The van der Waals surface area contributed by atoms with Crippen molar-refractivity contribution in [3.63, 3.8) is 0 Å². The van der Waals surface area contributed by atoms with Gasteiger partial charge in [-0.15, -0.1) is 0 Å². The molecular weight excluding hydrogens is 278 g/mol. The van der Waals surface area contributed by atoms with E-state index in [4.69, 9.17) is 19.5 Å². The maximum Gasteiger partial charge on any atom is 0.320 e. The second kappa shape index (κ2) is 6.61. The normalized spacial score (nSPS) is 11.6. The predicted octanol–water partition coefficient (Wildman–Crippen LogP) is 0.992. The van der Waals surface area contributed by atoms with Crippen LogP contribution in [-0.2, 0) is 20.7 Å². The highest BCUT2D eigenvalue weighted by molar-refractivity contribution is 5.85. The SMILES string of the molecule is COc1cc(CC(=O)COC(=O)CC#N)cc2c1OCO2. The summed E-state index contributed by atoms with van der Waals surface area (Å²) in [5.74, 6) is 0.498. The molecular formula is C14H13NO6. The zero-order chi connectivity index (χ0) is 15.2. The molecule has 0 fully saturated rings. The highest BCUT2D eigenvalue weighted by Crippen LogP contribution is 2.41. The smallest absolute Gasteiger partial charge is 0.320 e. The molecule has 21 heavy (non-hydrogen) atoms. The van der Waals surface area contributed by atoms with Crippen molar-refractivity contribution >= 4 is 11.8 Å². The summed E-state index contributed by atoms with van der Waals surface area (Å²) in [4.78, 5) is 22.7. The average molecular weight is 291 g/mol. The lowest BCUT2D eigenvalue weighted by molar-refractivity contribution is -0.146. The molecule has 1 aliphatic rings. The van der Waals surface area contributed by atoms with Crippen LogP contribution in [0.25, 0.3) is 0 Å². The Morgan fingerprint density at radius 2 is 2.19 bits per heavy atom. The number of esters is 1. The van der Waals surface area contributed by atoms with Crippen molar-refractivity contribution in [1.82, 2.24) is 0 Å². The van der Waals surface area contributed by atoms with Crippen molar-refractivity contribution < 1.29 is 28.5 Å². The summed E-state index contributed by atoms with van der Waals surface area (Å²) >= 11 is 0. The fraction of sp³-hybridized carbons (Fsp3) is 0.357. The van der Waals surface area contributed by atoms with Crippen LogP contribution in [0, 0.1) is 11.3 Å². The standard InChI is InChI=1S/C14H13NO6/c1-18-11-5-9(6-12-14(11)21-8-20-12)4-10(16)7-19-13(17)2-3-15/h5-6H,2,4,7-8H2,1H3. The highest BCUT2D eigenvalue weighted by atomic mass is 16.7. The molecule has 0 saturated heterocycles. The Balaban J connectivity index is 1.98. The van der Waals surface area contributed by atoms with Gasteiger partial charge in [-0.2, -0.15) is 5.26 Å². The average Bonchev–Trinajstić information content (AvgIpc) is 2.93. The molecule has 0 atom stereocenters. The van der Waals surface area contributed by atoms with E-state index in [-0.39, 0.29) is 32.0 Å². The Kier molecular flexibility index (Phi) is 4.61. The van der Waals surface area contributed by atoms with Crippen LogP contribution in [0.1, 0.15) is 12.0 Å². The Morgan fingerprint density at radius 3 is 2.90 bits per heavy atom. The number of carbonyl (C=O) groups is 2. The van der Waals surface area contributed by atoms with Gasteiger partial charge >= 0.3 is 5.97 Å². The van der Waals surface area contributed by atoms with Gasteiger partial charge in [0.25, 0.3) is 0 Å². The molecule has 0 aromatic heterocycles. The van der Waals surface area contributed by atoms with Gasteiger partial charge in [0, 0.05) is 6.42 Å². The summed E-state index contributed by atoms with van der Waals surface area (Å²) in [6, 6.07) is 5.00. The molecule has 110 valence electrons. The number of fused-ring (bicyclic) bond motifs is 1. The summed E-state index contributed by atoms with van der Waals surface area (Å²) in [7, 11) is 1.49. The van der Waals surface area contributed by atoms with Crippen LogP contribution in [0.5, 0.6) is 17.2 Å². The van der Waals surface area contributed by atoms with Gasteiger partial charge in [0.15, 0.2) is 17.3 Å². The van der Waals surface area contributed by atoms with Crippen LogP contribution in [0.4, 0.5) is 0 Å². The van der Waals surface area contributed by atoms with Gasteiger partial charge in [-0.3, -0.25) is 9.59 Å². The number of ether oxygens (including phenoxy) is 4. The van der Waals surface area contributed by atoms with Crippen molar-refractivity contribution in [2.45, 2.75) is 12.8 Å². The first-order valence-electron chi connectivity index (χ1n) is 6.15. The lowest BCUT2D eigenvalue weighted by atomic mass is 10.1. The molecule has 0 N–H and O–H groups in total. The Morgan fingerprint density at radius 1 is 1.38 bits per heavy atom. The Bertz CT molecular complexity index is 604. The van der Waals surface area contributed by atoms with Gasteiger partial charge in [0.05, 0.1) is 13.2 Å². The summed E-state index contributed by atoms with van der Waals surface area (Å²) in [6.07, 6.45) is -0.308. The molecule has 0 radical (unpaired) electrons. The predicted molar refractivity (Wildman–Crippen MR) is 69.0 cm³/mol. The number of hydrogen-bond donors (Lipinski definition) is 0. The minimum atomic E-state index is -0.714. The molecule has 1 heterocycles. The molecule has 0 amide bonds. The van der Waals surface area contributed by atoms with Crippen LogP contribution in [0.15, 0.2) is 12.1 Å². The molecule has 1 aromatic rings. The van der Waals surface area contributed by atoms with Crippen molar-refractivity contribution in [3.05, 3.63) is 17.7 Å². The maximum atomic E-state index is 11.7. The van der Waals surface area contributed by atoms with E-state index in [9.17, 15) is 9.59 Å². The van der Waals surface area contributed by atoms with Crippen molar-refractivity contribution in [2.75, 3.05) is 20.5 Å². The third kappa shape index (κ3) is 3.63. The number of hydrogen-bond acceptors (Lipinski definition) is 7. The topological polar surface area (TPSA) is 94.9 Å². The zero-order valence-electron chi connectivity index (χ0n) is 11.4. The van der Waals surface area contributed by atoms with Crippen molar-refractivity contribution in [3.8, 4) is 23.3 Å². The highest BCUT2D eigenvalue weighted by Gasteiger charge is 2.21. The fourth-order valence-electron chi connectivity index (χ4n) is 1.84. The van der Waals surface area contributed by atoms with Gasteiger partial charge < -0.3 is 18.9 Å². The maximum absolute atomic E-state index is 11.7. The van der Waals surface area contributed by atoms with E-state index < -0.39 is 5.97 Å². The summed E-state index contributed by atoms with van der Waals surface area (Å²) in [5.41, 5.74) is 0.664. The minimum Gasteiger partial charge on any atom is -0.493 e. The van der Waals surface area contributed by atoms with E-state index in [1.807, 2.05) is 0 Å². The number of benzene rings is 1. The number of rotatable bonds is 6. The van der Waals surface area contributed by atoms with Gasteiger partial charge in [-0.1, -0.05) is 0 Å². The fourth-order valence-corrected chi connectivity index (χ4v) is 1.84. The molecule has 1 aliphatic heterocycles. The first-order valence-corrected chi connectivity index (χ1v) is 6.15. The van der Waals surface area contributed by atoms with Gasteiger partial charge in [-0.05, 0) is 17.7 Å². The van der Waals surface area contributed by atoms with Crippen LogP contribution in [0.2, 0.25) is 0 Å². The van der Waals surface area contributed by atoms with Crippen LogP contribution < -0.4 is 14.2 Å². The van der Waals surface area contributed by atoms with Crippen LogP contribution >= 0.6 is 0 Å². The molecule has 7 nitrogen and oxygen atoms in total. The van der Waals surface area contributed by atoms with Crippen LogP contribution in [0.3, 0.4) is 0 Å². The quantitative estimate of drug-likeness (QED) is 0.721. The van der Waals surface area contributed by atoms with Gasteiger partial charge in [0.2, 0.25) is 12.5 Å². The summed E-state index contributed by atoms with van der Waals surface area (Å²) in [6.45, 7) is -0.258. The first-order chi connectivity index (χ1) is 10.1. The van der Waals surface area contributed by atoms with Gasteiger partial charge in [0.1, 0.15) is 13.0 Å². The Labute approximate surface area is 121 Å². The zero-order valence-corrected chi connectivity index (χ0v) is 11.4. The van der Waals surface area contributed by atoms with Gasteiger partial charge in [-0.25, -0.2) is 0 Å². The number of carbonyl (C=O) groups excluding carboxylic acids is 2. The third-order valence-corrected chi connectivity index (χ3v) is 2.74. The Hall–Kier alpha value is -2.75. The molecule has 0 spiro atoms. The summed E-state index contributed by atoms with van der Waals surface area (Å²) in [5, 5.41) is 8.31. The number of nitriles is 1. The molecule has 0 bridgehead atoms. The van der Waals surface area contributed by atoms with E-state index >= 15 is 0 Å². The molecule has 7 heteroatoms. The second-order valence-electron chi connectivity index (χ2n) is 4.24. The van der Waals surface area contributed by atoms with E-state index in [1.54, 1.807) is 18.2 Å². The number of nitrogens with zero attached hydrogens (tertiary/aromatic N) is 1. The number of ketones is 1. The second-order valence-corrected chi connectivity index (χ2v) is 4.24. The minimum absolute atomic E-state index is 0.0623. The van der Waals surface area contributed by atoms with E-state index in [1.165, 1.54) is 7.11 Å². The lowest BCUT2D eigenvalue weighted by Crippen LogP contribution is -2.15. The van der Waals surface area contributed by atoms with E-state index in [2.05, 4.69) is 4.74 Å². The van der Waals surface area contributed by atoms with E-state index in [0.717, 1.165) is 0 Å². The molecule has 0 saturated carbocycles. The first kappa shape index (κ1) is 14.7. The monoisotopic (exact) mass is 291 g/mol. The molecule has 0 aliphatic carbocycles. The van der Waals surface area contributed by atoms with E-state index in [0.29, 0.717) is 22.8 Å². The van der Waals surface area contributed by atoms with Crippen LogP contribution in [-0.4, -0.2) is 32.3 Å². The van der Waals surface area contributed by atoms with Crippen molar-refractivity contribution in [1.29, 1.82) is 5.26 Å². The third-order valence-electron chi connectivity index (χ3n) is 2.74.